The third-order valence-corrected chi connectivity index (χ3v) is 1.70. The van der Waals surface area contributed by atoms with Gasteiger partial charge in [0.1, 0.15) is 0 Å². The standard InChI is InChI=1S/C4H12N2O3S/c5-4-6-2-1-3-10(7,8)9/h6H,1-5H2,(H,7,8,9). The Morgan fingerprint density at radius 1 is 1.50 bits per heavy atom. The van der Waals surface area contributed by atoms with Gasteiger partial charge in [-0.3, -0.25) is 4.55 Å². The summed E-state index contributed by atoms with van der Waals surface area (Å²) in [6.07, 6.45) is 0.385. The van der Waals surface area contributed by atoms with Gasteiger partial charge in [-0.05, 0) is 13.0 Å². The van der Waals surface area contributed by atoms with Crippen LogP contribution in [0.4, 0.5) is 0 Å². The Bertz CT molecular complexity index is 165. The van der Waals surface area contributed by atoms with Gasteiger partial charge in [-0.2, -0.15) is 8.42 Å². The van der Waals surface area contributed by atoms with Crippen LogP contribution in [-0.2, 0) is 10.1 Å². The third-order valence-electron chi connectivity index (χ3n) is 0.900. The molecule has 0 unspecified atom stereocenters. The van der Waals surface area contributed by atoms with Crippen LogP contribution in [0.15, 0.2) is 0 Å². The quantitative estimate of drug-likeness (QED) is 0.271. The molecule has 0 spiro atoms. The molecular formula is C4H12N2O3S. The molecule has 0 aliphatic rings. The summed E-state index contributed by atoms with van der Waals surface area (Å²) in [5.41, 5.74) is 5.06. The summed E-state index contributed by atoms with van der Waals surface area (Å²) in [6, 6.07) is 0. The van der Waals surface area contributed by atoms with Crippen LogP contribution >= 0.6 is 0 Å². The van der Waals surface area contributed by atoms with E-state index < -0.39 is 10.1 Å². The van der Waals surface area contributed by atoms with Crippen LogP contribution in [0.3, 0.4) is 0 Å². The normalized spacial score (nSPS) is 11.8. The Kier molecular flexibility index (Phi) is 4.54. The molecule has 0 bridgehead atoms. The minimum atomic E-state index is -3.79. The van der Waals surface area contributed by atoms with E-state index in [-0.39, 0.29) is 5.75 Å². The summed E-state index contributed by atoms with van der Waals surface area (Å²) >= 11 is 0. The van der Waals surface area contributed by atoms with Crippen LogP contribution in [-0.4, -0.2) is 31.9 Å². The van der Waals surface area contributed by atoms with E-state index in [4.69, 9.17) is 10.3 Å². The minimum absolute atomic E-state index is 0.208. The molecule has 4 N–H and O–H groups in total. The molecule has 0 rings (SSSR count). The SMILES string of the molecule is NCNCCCS(=O)(=O)O. The summed E-state index contributed by atoms with van der Waals surface area (Å²) in [6.45, 7) is 0.835. The number of nitrogens with one attached hydrogen (secondary N) is 1. The average molecular weight is 168 g/mol. The predicted octanol–water partition coefficient (Wildman–Crippen LogP) is -1.23. The van der Waals surface area contributed by atoms with Crippen LogP contribution in [0, 0.1) is 0 Å². The molecular weight excluding hydrogens is 156 g/mol. The molecule has 0 aromatic rings. The first-order valence-corrected chi connectivity index (χ1v) is 4.53. The molecule has 0 aliphatic carbocycles. The van der Waals surface area contributed by atoms with Crippen molar-refractivity contribution in [2.24, 2.45) is 5.73 Å². The van der Waals surface area contributed by atoms with Gasteiger partial charge in [-0.1, -0.05) is 0 Å². The first-order chi connectivity index (χ1) is 4.56. The fourth-order valence-corrected chi connectivity index (χ4v) is 0.991. The van der Waals surface area contributed by atoms with Crippen molar-refractivity contribution in [2.75, 3.05) is 19.0 Å². The third kappa shape index (κ3) is 7.83. The van der Waals surface area contributed by atoms with Crippen LogP contribution in [0.5, 0.6) is 0 Å². The number of rotatable bonds is 5. The summed E-state index contributed by atoms with van der Waals surface area (Å²) < 4.78 is 28.4. The molecule has 6 heteroatoms. The molecule has 0 amide bonds. The zero-order valence-corrected chi connectivity index (χ0v) is 6.39. The molecule has 0 saturated heterocycles. The predicted molar refractivity (Wildman–Crippen MR) is 38.1 cm³/mol. The lowest BCUT2D eigenvalue weighted by Gasteiger charge is -1.97. The smallest absolute Gasteiger partial charge is 0.264 e. The highest BCUT2D eigenvalue weighted by atomic mass is 32.2. The summed E-state index contributed by atoms with van der Waals surface area (Å²) in [5, 5.41) is 2.72. The Morgan fingerprint density at radius 3 is 2.50 bits per heavy atom. The van der Waals surface area contributed by atoms with Crippen molar-refractivity contribution in [3.05, 3.63) is 0 Å². The molecule has 62 valence electrons. The van der Waals surface area contributed by atoms with Crippen molar-refractivity contribution in [1.29, 1.82) is 0 Å². The van der Waals surface area contributed by atoms with Gasteiger partial charge in [0.15, 0.2) is 0 Å². The van der Waals surface area contributed by atoms with E-state index in [0.717, 1.165) is 0 Å². The van der Waals surface area contributed by atoms with Crippen molar-refractivity contribution >= 4 is 10.1 Å². The van der Waals surface area contributed by atoms with Gasteiger partial charge in [-0.15, -0.1) is 0 Å². The van der Waals surface area contributed by atoms with E-state index in [1.54, 1.807) is 0 Å². The van der Waals surface area contributed by atoms with Crippen molar-refractivity contribution in [2.45, 2.75) is 6.42 Å². The zero-order chi connectivity index (χ0) is 8.04. The molecule has 0 radical (unpaired) electrons. The summed E-state index contributed by atoms with van der Waals surface area (Å²) in [5.74, 6) is -0.208. The number of nitrogens with two attached hydrogens (primary N) is 1. The summed E-state index contributed by atoms with van der Waals surface area (Å²) in [7, 11) is -3.79. The molecule has 0 aromatic carbocycles. The first kappa shape index (κ1) is 9.83. The second kappa shape index (κ2) is 4.62. The lowest BCUT2D eigenvalue weighted by atomic mass is 10.5. The zero-order valence-electron chi connectivity index (χ0n) is 5.58. The lowest BCUT2D eigenvalue weighted by molar-refractivity contribution is 0.480. The van der Waals surface area contributed by atoms with Crippen LogP contribution in [0.2, 0.25) is 0 Å². The topological polar surface area (TPSA) is 92.4 Å². The molecule has 0 saturated carbocycles. The van der Waals surface area contributed by atoms with E-state index in [2.05, 4.69) is 5.32 Å². The Hall–Kier alpha value is -0.170. The molecule has 0 atom stereocenters. The van der Waals surface area contributed by atoms with Gasteiger partial charge < -0.3 is 11.1 Å². The fourth-order valence-electron chi connectivity index (χ4n) is 0.482. The molecule has 5 nitrogen and oxygen atoms in total. The van der Waals surface area contributed by atoms with E-state index in [1.807, 2.05) is 0 Å². The summed E-state index contributed by atoms with van der Waals surface area (Å²) in [4.78, 5) is 0. The van der Waals surface area contributed by atoms with Crippen LogP contribution in [0.1, 0.15) is 6.42 Å². The molecule has 0 fully saturated rings. The minimum Gasteiger partial charge on any atom is -0.318 e. The van der Waals surface area contributed by atoms with Gasteiger partial charge in [0.05, 0.1) is 5.75 Å². The fraction of sp³-hybridized carbons (Fsp3) is 1.00. The Labute approximate surface area is 60.4 Å². The van der Waals surface area contributed by atoms with Gasteiger partial charge in [0, 0.05) is 6.67 Å². The van der Waals surface area contributed by atoms with E-state index in [9.17, 15) is 8.42 Å². The molecule has 10 heavy (non-hydrogen) atoms. The first-order valence-electron chi connectivity index (χ1n) is 2.92. The van der Waals surface area contributed by atoms with Crippen molar-refractivity contribution in [3.8, 4) is 0 Å². The Morgan fingerprint density at radius 2 is 2.10 bits per heavy atom. The van der Waals surface area contributed by atoms with Crippen molar-refractivity contribution in [3.63, 3.8) is 0 Å². The highest BCUT2D eigenvalue weighted by molar-refractivity contribution is 7.85. The number of hydrogen-bond acceptors (Lipinski definition) is 4. The van der Waals surface area contributed by atoms with Crippen molar-refractivity contribution in [1.82, 2.24) is 5.32 Å². The van der Waals surface area contributed by atoms with E-state index in [1.165, 1.54) is 0 Å². The van der Waals surface area contributed by atoms with Gasteiger partial charge in [0.25, 0.3) is 10.1 Å². The lowest BCUT2D eigenvalue weighted by Crippen LogP contribution is -2.24. The monoisotopic (exact) mass is 168 g/mol. The van der Waals surface area contributed by atoms with Crippen LogP contribution in [0.25, 0.3) is 0 Å². The van der Waals surface area contributed by atoms with Crippen LogP contribution < -0.4 is 11.1 Å². The molecule has 0 aliphatic heterocycles. The van der Waals surface area contributed by atoms with Gasteiger partial charge in [-0.25, -0.2) is 0 Å². The van der Waals surface area contributed by atoms with Gasteiger partial charge >= 0.3 is 0 Å². The molecule has 0 heterocycles. The largest absolute Gasteiger partial charge is 0.318 e. The maximum atomic E-state index is 10.1. The average Bonchev–Trinajstić information content (AvgIpc) is 1.78. The highest BCUT2D eigenvalue weighted by Gasteiger charge is 2.01. The Balaban J connectivity index is 3.21. The van der Waals surface area contributed by atoms with Gasteiger partial charge in [0.2, 0.25) is 0 Å². The second-order valence-electron chi connectivity index (χ2n) is 1.84. The maximum absolute atomic E-state index is 10.1. The maximum Gasteiger partial charge on any atom is 0.264 e. The highest BCUT2D eigenvalue weighted by Crippen LogP contribution is 1.85. The molecule has 0 aromatic heterocycles. The number of hydrogen-bond donors (Lipinski definition) is 3. The van der Waals surface area contributed by atoms with E-state index in [0.29, 0.717) is 19.6 Å². The second-order valence-corrected chi connectivity index (χ2v) is 3.42. The van der Waals surface area contributed by atoms with E-state index >= 15 is 0 Å². The van der Waals surface area contributed by atoms with Crippen molar-refractivity contribution < 1.29 is 13.0 Å².